The number of ether oxygens (including phenoxy) is 1. The van der Waals surface area contributed by atoms with Gasteiger partial charge >= 0.3 is 11.8 Å². The van der Waals surface area contributed by atoms with Crippen LogP contribution in [0.15, 0.2) is 70.2 Å². The highest BCUT2D eigenvalue weighted by atomic mass is 79.9. The Bertz CT molecular complexity index is 1150. The number of aryl methyl sites for hydroxylation is 1. The minimum atomic E-state index is -0.898. The monoisotopic (exact) mass is 517 g/mol. The van der Waals surface area contributed by atoms with E-state index in [0.717, 1.165) is 10.0 Å². The van der Waals surface area contributed by atoms with E-state index in [1.165, 1.54) is 18.3 Å². The molecule has 0 saturated carbocycles. The molecule has 0 unspecified atom stereocenters. The van der Waals surface area contributed by atoms with Gasteiger partial charge in [-0.3, -0.25) is 9.59 Å². The molecule has 3 aromatic carbocycles. The number of halogens is 3. The molecule has 164 valence electrons. The molecule has 0 heterocycles. The molecule has 0 saturated heterocycles. The predicted molar refractivity (Wildman–Crippen MR) is 125 cm³/mol. The molecule has 0 aromatic heterocycles. The van der Waals surface area contributed by atoms with E-state index in [9.17, 15) is 14.0 Å². The lowest BCUT2D eigenvalue weighted by Gasteiger charge is -2.09. The number of amides is 2. The Labute approximate surface area is 197 Å². The first-order chi connectivity index (χ1) is 15.3. The van der Waals surface area contributed by atoms with Gasteiger partial charge in [-0.25, -0.2) is 9.82 Å². The van der Waals surface area contributed by atoms with Gasteiger partial charge in [0.25, 0.3) is 0 Å². The molecule has 0 spiro atoms. The zero-order valence-electron chi connectivity index (χ0n) is 16.9. The van der Waals surface area contributed by atoms with E-state index in [-0.39, 0.29) is 12.2 Å². The molecule has 32 heavy (non-hydrogen) atoms. The molecule has 0 aliphatic carbocycles. The van der Waals surface area contributed by atoms with Crippen LogP contribution in [0.2, 0.25) is 5.02 Å². The summed E-state index contributed by atoms with van der Waals surface area (Å²) in [5, 5.41) is 6.61. The third-order valence-electron chi connectivity index (χ3n) is 4.35. The number of rotatable bonds is 6. The number of benzene rings is 3. The maximum atomic E-state index is 13.8. The van der Waals surface area contributed by atoms with Gasteiger partial charge in [0.05, 0.1) is 11.2 Å². The minimum absolute atomic E-state index is 0.0120. The Hall–Kier alpha value is -3.23. The second-order valence-corrected chi connectivity index (χ2v) is 7.99. The number of hydrogen-bond donors (Lipinski definition) is 2. The minimum Gasteiger partial charge on any atom is -0.489 e. The third kappa shape index (κ3) is 6.38. The Morgan fingerprint density at radius 1 is 1.12 bits per heavy atom. The van der Waals surface area contributed by atoms with E-state index in [1.807, 2.05) is 13.0 Å². The first kappa shape index (κ1) is 23.4. The molecular weight excluding hydrogens is 501 g/mol. The van der Waals surface area contributed by atoms with Crippen LogP contribution in [0, 0.1) is 12.7 Å². The Balaban J connectivity index is 1.51. The lowest BCUT2D eigenvalue weighted by atomic mass is 10.2. The first-order valence-electron chi connectivity index (χ1n) is 9.40. The van der Waals surface area contributed by atoms with E-state index in [0.29, 0.717) is 22.0 Å². The third-order valence-corrected chi connectivity index (χ3v) is 5.19. The number of nitrogens with zero attached hydrogens (tertiary/aromatic N) is 1. The highest BCUT2D eigenvalue weighted by Crippen LogP contribution is 2.22. The zero-order valence-corrected chi connectivity index (χ0v) is 19.2. The summed E-state index contributed by atoms with van der Waals surface area (Å²) in [5.41, 5.74) is 4.45. The Morgan fingerprint density at radius 3 is 2.56 bits per heavy atom. The molecule has 6 nitrogen and oxygen atoms in total. The number of carbonyl (C=O) groups excluding carboxylic acids is 2. The van der Waals surface area contributed by atoms with Crippen molar-refractivity contribution in [3.05, 3.63) is 92.7 Å². The Morgan fingerprint density at radius 2 is 1.88 bits per heavy atom. The standard InChI is InChI=1S/C23H18BrClFN3O3/c1-14-11-16(24)7-10-21(14)28-22(30)23(31)29-27-12-15-5-8-17(9-6-15)32-13-18-19(25)3-2-4-20(18)26/h2-12H,13H2,1H3,(H,28,30)(H,29,31)/b27-12+. The molecule has 0 aliphatic rings. The van der Waals surface area contributed by atoms with Crippen LogP contribution in [0.3, 0.4) is 0 Å². The number of anilines is 1. The number of carbonyl (C=O) groups is 2. The van der Waals surface area contributed by atoms with Gasteiger partial charge in [0.15, 0.2) is 0 Å². The summed E-state index contributed by atoms with van der Waals surface area (Å²) in [6.07, 6.45) is 1.38. The summed E-state index contributed by atoms with van der Waals surface area (Å²) in [4.78, 5) is 23.9. The van der Waals surface area contributed by atoms with Crippen molar-refractivity contribution >= 4 is 51.2 Å². The van der Waals surface area contributed by atoms with E-state index < -0.39 is 17.6 Å². The SMILES string of the molecule is Cc1cc(Br)ccc1NC(=O)C(=O)N/N=C/c1ccc(OCc2c(F)cccc2Cl)cc1. The fourth-order valence-corrected chi connectivity index (χ4v) is 3.33. The van der Waals surface area contributed by atoms with Crippen LogP contribution in [0.1, 0.15) is 16.7 Å². The summed E-state index contributed by atoms with van der Waals surface area (Å²) < 4.78 is 20.2. The smallest absolute Gasteiger partial charge is 0.329 e. The highest BCUT2D eigenvalue weighted by molar-refractivity contribution is 9.10. The van der Waals surface area contributed by atoms with Crippen LogP contribution in [-0.2, 0) is 16.2 Å². The average Bonchev–Trinajstić information content (AvgIpc) is 2.76. The summed E-state index contributed by atoms with van der Waals surface area (Å²) in [5.74, 6) is -1.65. The maximum absolute atomic E-state index is 13.8. The molecule has 0 atom stereocenters. The van der Waals surface area contributed by atoms with Gasteiger partial charge in [0, 0.05) is 15.7 Å². The van der Waals surface area contributed by atoms with Gasteiger partial charge in [-0.2, -0.15) is 5.10 Å². The van der Waals surface area contributed by atoms with Crippen molar-refractivity contribution in [1.82, 2.24) is 5.43 Å². The number of hydrogen-bond acceptors (Lipinski definition) is 4. The number of hydrazone groups is 1. The largest absolute Gasteiger partial charge is 0.489 e. The quantitative estimate of drug-likeness (QED) is 0.267. The van der Waals surface area contributed by atoms with E-state index >= 15 is 0 Å². The van der Waals surface area contributed by atoms with E-state index in [1.54, 1.807) is 42.5 Å². The lowest BCUT2D eigenvalue weighted by Crippen LogP contribution is -2.32. The van der Waals surface area contributed by atoms with Gasteiger partial charge < -0.3 is 10.1 Å². The molecule has 0 bridgehead atoms. The molecule has 0 aliphatic heterocycles. The van der Waals surface area contributed by atoms with Crippen LogP contribution < -0.4 is 15.5 Å². The van der Waals surface area contributed by atoms with Crippen LogP contribution >= 0.6 is 27.5 Å². The molecule has 9 heteroatoms. The van der Waals surface area contributed by atoms with Gasteiger partial charge in [0.2, 0.25) is 0 Å². The topological polar surface area (TPSA) is 79.8 Å². The average molecular weight is 519 g/mol. The number of nitrogens with one attached hydrogen (secondary N) is 2. The summed E-state index contributed by atoms with van der Waals surface area (Å²) >= 11 is 9.32. The van der Waals surface area contributed by atoms with Crippen LogP contribution in [-0.4, -0.2) is 18.0 Å². The van der Waals surface area contributed by atoms with Crippen molar-refractivity contribution in [2.24, 2.45) is 5.10 Å². The van der Waals surface area contributed by atoms with Crippen molar-refractivity contribution in [3.8, 4) is 5.75 Å². The highest BCUT2D eigenvalue weighted by Gasteiger charge is 2.14. The van der Waals surface area contributed by atoms with Crippen molar-refractivity contribution in [1.29, 1.82) is 0 Å². The molecular formula is C23H18BrClFN3O3. The Kier molecular flexibility index (Phi) is 7.97. The lowest BCUT2D eigenvalue weighted by molar-refractivity contribution is -0.136. The molecule has 3 rings (SSSR count). The van der Waals surface area contributed by atoms with Gasteiger partial charge in [-0.15, -0.1) is 0 Å². The van der Waals surface area contributed by atoms with Crippen LogP contribution in [0.5, 0.6) is 5.75 Å². The van der Waals surface area contributed by atoms with Gasteiger partial charge in [-0.05, 0) is 72.6 Å². The zero-order chi connectivity index (χ0) is 23.1. The summed E-state index contributed by atoms with van der Waals surface area (Å²) in [6, 6.07) is 16.4. The summed E-state index contributed by atoms with van der Waals surface area (Å²) in [7, 11) is 0. The maximum Gasteiger partial charge on any atom is 0.329 e. The van der Waals surface area contributed by atoms with Crippen LogP contribution in [0.4, 0.5) is 10.1 Å². The molecule has 0 radical (unpaired) electrons. The van der Waals surface area contributed by atoms with Crippen molar-refractivity contribution in [3.63, 3.8) is 0 Å². The van der Waals surface area contributed by atoms with Gasteiger partial charge in [-0.1, -0.05) is 33.6 Å². The second kappa shape index (κ2) is 10.9. The first-order valence-corrected chi connectivity index (χ1v) is 10.6. The van der Waals surface area contributed by atoms with Gasteiger partial charge in [0.1, 0.15) is 18.2 Å². The van der Waals surface area contributed by atoms with Crippen molar-refractivity contribution in [2.75, 3.05) is 5.32 Å². The van der Waals surface area contributed by atoms with Crippen LogP contribution in [0.25, 0.3) is 0 Å². The predicted octanol–water partition coefficient (Wildman–Crippen LogP) is 5.22. The molecule has 2 amide bonds. The van der Waals surface area contributed by atoms with E-state index in [2.05, 4.69) is 31.8 Å². The fourth-order valence-electron chi connectivity index (χ4n) is 2.64. The molecule has 3 aromatic rings. The molecule has 2 N–H and O–H groups in total. The fraction of sp³-hybridized carbons (Fsp3) is 0.0870. The molecule has 0 fully saturated rings. The normalized spacial score (nSPS) is 10.8. The summed E-state index contributed by atoms with van der Waals surface area (Å²) in [6.45, 7) is 1.80. The second-order valence-electron chi connectivity index (χ2n) is 6.67. The van der Waals surface area contributed by atoms with Crippen molar-refractivity contribution < 1.29 is 18.7 Å². The van der Waals surface area contributed by atoms with Crippen molar-refractivity contribution in [2.45, 2.75) is 13.5 Å². The van der Waals surface area contributed by atoms with E-state index in [4.69, 9.17) is 16.3 Å².